The lowest BCUT2D eigenvalue weighted by atomic mass is 10.1. The minimum Gasteiger partial charge on any atom is -0.492 e. The molecule has 1 aliphatic rings. The van der Waals surface area contributed by atoms with Crippen LogP contribution in [0.15, 0.2) is 22.7 Å². The third-order valence-corrected chi connectivity index (χ3v) is 4.28. The van der Waals surface area contributed by atoms with Gasteiger partial charge in [0.15, 0.2) is 0 Å². The highest BCUT2D eigenvalue weighted by atomic mass is 79.9. The zero-order chi connectivity index (χ0) is 13.5. The molecule has 0 amide bonds. The summed E-state index contributed by atoms with van der Waals surface area (Å²) in [5.41, 5.74) is 1.18. The van der Waals surface area contributed by atoms with Gasteiger partial charge in [0, 0.05) is 17.1 Å². The van der Waals surface area contributed by atoms with Gasteiger partial charge in [0.2, 0.25) is 0 Å². The van der Waals surface area contributed by atoms with Crippen molar-refractivity contribution in [1.29, 1.82) is 0 Å². The van der Waals surface area contributed by atoms with Crippen LogP contribution < -0.4 is 10.1 Å². The fourth-order valence-corrected chi connectivity index (χ4v) is 3.16. The number of nitrogens with one attached hydrogen (secondary N) is 1. The van der Waals surface area contributed by atoms with Crippen molar-refractivity contribution in [3.8, 4) is 5.75 Å². The molecule has 1 aliphatic carbocycles. The van der Waals surface area contributed by atoms with Crippen LogP contribution in [0.3, 0.4) is 0 Å². The van der Waals surface area contributed by atoms with E-state index in [-0.39, 0.29) is 0 Å². The van der Waals surface area contributed by atoms with Crippen molar-refractivity contribution in [1.82, 2.24) is 5.32 Å². The summed E-state index contributed by atoms with van der Waals surface area (Å²) in [6, 6.07) is 6.86. The molecule has 19 heavy (non-hydrogen) atoms. The number of rotatable bonds is 5. The fraction of sp³-hybridized carbons (Fsp3) is 0.625. The van der Waals surface area contributed by atoms with E-state index in [2.05, 4.69) is 34.2 Å². The van der Waals surface area contributed by atoms with E-state index in [1.54, 1.807) is 0 Å². The number of halogens is 1. The third kappa shape index (κ3) is 5.15. The molecule has 1 saturated carbocycles. The Bertz CT molecular complexity index is 386. The first kappa shape index (κ1) is 14.9. The molecule has 0 bridgehead atoms. The minimum atomic E-state index is 0.706. The van der Waals surface area contributed by atoms with Crippen molar-refractivity contribution >= 4 is 15.9 Å². The molecule has 0 unspecified atom stereocenters. The maximum absolute atomic E-state index is 5.83. The van der Waals surface area contributed by atoms with Crippen LogP contribution in [0.5, 0.6) is 5.75 Å². The first-order valence-corrected chi connectivity index (χ1v) is 8.17. The molecule has 1 fully saturated rings. The SMILES string of the molecule is Cc1cc(Br)ccc1OCCNC1CCCCCC1. The summed E-state index contributed by atoms with van der Waals surface area (Å²) in [4.78, 5) is 0. The number of ether oxygens (including phenoxy) is 1. The Labute approximate surface area is 125 Å². The summed E-state index contributed by atoms with van der Waals surface area (Å²) in [6.07, 6.45) is 8.24. The van der Waals surface area contributed by atoms with E-state index < -0.39 is 0 Å². The van der Waals surface area contributed by atoms with Crippen LogP contribution in [0.2, 0.25) is 0 Å². The third-order valence-electron chi connectivity index (χ3n) is 3.78. The molecule has 2 nitrogen and oxygen atoms in total. The van der Waals surface area contributed by atoms with Crippen molar-refractivity contribution in [2.45, 2.75) is 51.5 Å². The maximum Gasteiger partial charge on any atom is 0.122 e. The van der Waals surface area contributed by atoms with Gasteiger partial charge in [-0.25, -0.2) is 0 Å². The Kier molecular flexibility index (Phi) is 6.18. The van der Waals surface area contributed by atoms with E-state index >= 15 is 0 Å². The Morgan fingerprint density at radius 2 is 1.95 bits per heavy atom. The molecule has 0 radical (unpaired) electrons. The van der Waals surface area contributed by atoms with E-state index in [1.165, 1.54) is 44.1 Å². The molecule has 1 aromatic rings. The van der Waals surface area contributed by atoms with E-state index in [1.807, 2.05) is 12.1 Å². The molecular weight excluding hydrogens is 302 g/mol. The zero-order valence-electron chi connectivity index (χ0n) is 11.8. The van der Waals surface area contributed by atoms with Gasteiger partial charge in [-0.3, -0.25) is 0 Å². The molecular formula is C16H24BrNO. The lowest BCUT2D eigenvalue weighted by Gasteiger charge is -2.16. The second-order valence-corrected chi connectivity index (χ2v) is 6.32. The summed E-state index contributed by atoms with van der Waals surface area (Å²) in [5.74, 6) is 0.992. The predicted octanol–water partition coefficient (Wildman–Crippen LogP) is 4.45. The topological polar surface area (TPSA) is 21.3 Å². The van der Waals surface area contributed by atoms with Crippen LogP contribution in [-0.4, -0.2) is 19.2 Å². The predicted molar refractivity (Wildman–Crippen MR) is 83.9 cm³/mol. The Morgan fingerprint density at radius 3 is 2.63 bits per heavy atom. The van der Waals surface area contributed by atoms with Crippen LogP contribution in [0.25, 0.3) is 0 Å². The Balaban J connectivity index is 1.68. The second kappa shape index (κ2) is 7.91. The Hall–Kier alpha value is -0.540. The quantitative estimate of drug-likeness (QED) is 0.638. The summed E-state index contributed by atoms with van der Waals surface area (Å²) in [5, 5.41) is 3.63. The highest BCUT2D eigenvalue weighted by Gasteiger charge is 2.10. The molecule has 0 heterocycles. The second-order valence-electron chi connectivity index (χ2n) is 5.40. The van der Waals surface area contributed by atoms with E-state index in [0.29, 0.717) is 6.04 Å². The molecule has 0 atom stereocenters. The lowest BCUT2D eigenvalue weighted by molar-refractivity contribution is 0.298. The minimum absolute atomic E-state index is 0.706. The van der Waals surface area contributed by atoms with Crippen LogP contribution in [0, 0.1) is 6.92 Å². The molecule has 0 saturated heterocycles. The van der Waals surface area contributed by atoms with E-state index in [9.17, 15) is 0 Å². The number of hydrogen-bond acceptors (Lipinski definition) is 2. The summed E-state index contributed by atoms with van der Waals surface area (Å²) >= 11 is 3.47. The Morgan fingerprint density at radius 1 is 1.21 bits per heavy atom. The van der Waals surface area contributed by atoms with Crippen molar-refractivity contribution in [2.75, 3.05) is 13.2 Å². The molecule has 0 aromatic heterocycles. The van der Waals surface area contributed by atoms with Gasteiger partial charge in [0.05, 0.1) is 0 Å². The molecule has 1 N–H and O–H groups in total. The van der Waals surface area contributed by atoms with Crippen LogP contribution in [-0.2, 0) is 0 Å². The maximum atomic E-state index is 5.83. The van der Waals surface area contributed by atoms with E-state index in [0.717, 1.165) is 23.4 Å². The van der Waals surface area contributed by atoms with Crippen molar-refractivity contribution in [3.05, 3.63) is 28.2 Å². The van der Waals surface area contributed by atoms with Gasteiger partial charge in [-0.05, 0) is 43.5 Å². The fourth-order valence-electron chi connectivity index (χ4n) is 2.68. The summed E-state index contributed by atoms with van der Waals surface area (Å²) < 4.78 is 6.94. The number of benzene rings is 1. The van der Waals surface area contributed by atoms with Crippen LogP contribution in [0.1, 0.15) is 44.1 Å². The largest absolute Gasteiger partial charge is 0.492 e. The zero-order valence-corrected chi connectivity index (χ0v) is 13.3. The highest BCUT2D eigenvalue weighted by Crippen LogP contribution is 2.22. The van der Waals surface area contributed by atoms with Gasteiger partial charge in [0.1, 0.15) is 12.4 Å². The smallest absolute Gasteiger partial charge is 0.122 e. The standard InChI is InChI=1S/C16H24BrNO/c1-13-12-14(17)8-9-16(13)19-11-10-18-15-6-4-2-3-5-7-15/h8-9,12,15,18H,2-7,10-11H2,1H3. The van der Waals surface area contributed by atoms with Gasteiger partial charge in [0.25, 0.3) is 0 Å². The molecule has 2 rings (SSSR count). The van der Waals surface area contributed by atoms with Gasteiger partial charge >= 0.3 is 0 Å². The molecule has 0 spiro atoms. The van der Waals surface area contributed by atoms with Crippen LogP contribution >= 0.6 is 15.9 Å². The molecule has 0 aliphatic heterocycles. The van der Waals surface area contributed by atoms with Gasteiger partial charge in [-0.1, -0.05) is 41.6 Å². The van der Waals surface area contributed by atoms with Crippen molar-refractivity contribution in [2.24, 2.45) is 0 Å². The van der Waals surface area contributed by atoms with E-state index in [4.69, 9.17) is 4.74 Å². The number of hydrogen-bond donors (Lipinski definition) is 1. The highest BCUT2D eigenvalue weighted by molar-refractivity contribution is 9.10. The normalized spacial score (nSPS) is 17.2. The first-order chi connectivity index (χ1) is 9.25. The van der Waals surface area contributed by atoms with Gasteiger partial charge in [-0.2, -0.15) is 0 Å². The van der Waals surface area contributed by atoms with Gasteiger partial charge in [-0.15, -0.1) is 0 Å². The number of aryl methyl sites for hydroxylation is 1. The monoisotopic (exact) mass is 325 g/mol. The first-order valence-electron chi connectivity index (χ1n) is 7.38. The van der Waals surface area contributed by atoms with Crippen molar-refractivity contribution < 1.29 is 4.74 Å². The summed E-state index contributed by atoms with van der Waals surface area (Å²) in [6.45, 7) is 3.78. The van der Waals surface area contributed by atoms with Crippen LogP contribution in [0.4, 0.5) is 0 Å². The molecule has 106 valence electrons. The average molecular weight is 326 g/mol. The average Bonchev–Trinajstić information content (AvgIpc) is 2.65. The molecule has 1 aromatic carbocycles. The molecule has 3 heteroatoms. The van der Waals surface area contributed by atoms with Gasteiger partial charge < -0.3 is 10.1 Å². The van der Waals surface area contributed by atoms with Crippen molar-refractivity contribution in [3.63, 3.8) is 0 Å². The lowest BCUT2D eigenvalue weighted by Crippen LogP contribution is -2.32. The summed E-state index contributed by atoms with van der Waals surface area (Å²) in [7, 11) is 0.